The smallest absolute Gasteiger partial charge is 0.294 e. The third-order valence-electron chi connectivity index (χ3n) is 1.91. The SMILES string of the molecule is Nc1ccccc1.O=S(=O)(O)c1ccc(Cl)cc1. The van der Waals surface area contributed by atoms with E-state index in [4.69, 9.17) is 21.9 Å². The lowest BCUT2D eigenvalue weighted by atomic mass is 10.3. The molecule has 0 atom stereocenters. The Morgan fingerprint density at radius 3 is 1.78 bits per heavy atom. The van der Waals surface area contributed by atoms with Crippen molar-refractivity contribution in [3.05, 3.63) is 59.6 Å². The van der Waals surface area contributed by atoms with Crippen LogP contribution >= 0.6 is 11.6 Å². The van der Waals surface area contributed by atoms with Crippen LogP contribution in [0.3, 0.4) is 0 Å². The third-order valence-corrected chi connectivity index (χ3v) is 3.03. The molecule has 96 valence electrons. The van der Waals surface area contributed by atoms with Crippen molar-refractivity contribution in [3.63, 3.8) is 0 Å². The van der Waals surface area contributed by atoms with Crippen LogP contribution in [0.15, 0.2) is 59.5 Å². The summed E-state index contributed by atoms with van der Waals surface area (Å²) in [4.78, 5) is -0.151. The Kier molecular flexibility index (Phi) is 5.15. The van der Waals surface area contributed by atoms with Gasteiger partial charge in [0.25, 0.3) is 10.1 Å². The predicted molar refractivity (Wildman–Crippen MR) is 72.1 cm³/mol. The predicted octanol–water partition coefficient (Wildman–Crippen LogP) is 2.86. The van der Waals surface area contributed by atoms with Crippen molar-refractivity contribution in [2.24, 2.45) is 0 Å². The molecule has 0 aliphatic rings. The highest BCUT2D eigenvalue weighted by atomic mass is 35.5. The highest BCUT2D eigenvalue weighted by molar-refractivity contribution is 7.85. The molecule has 0 radical (unpaired) electrons. The number of benzene rings is 2. The number of hydrogen-bond acceptors (Lipinski definition) is 3. The van der Waals surface area contributed by atoms with Crippen LogP contribution in [-0.4, -0.2) is 13.0 Å². The molecule has 0 fully saturated rings. The minimum Gasteiger partial charge on any atom is -0.399 e. The van der Waals surface area contributed by atoms with Gasteiger partial charge in [0.05, 0.1) is 4.90 Å². The van der Waals surface area contributed by atoms with Crippen molar-refractivity contribution < 1.29 is 13.0 Å². The molecule has 0 aliphatic heterocycles. The molecule has 0 heterocycles. The Morgan fingerprint density at radius 2 is 1.44 bits per heavy atom. The van der Waals surface area contributed by atoms with Crippen LogP contribution in [0.1, 0.15) is 0 Å². The topological polar surface area (TPSA) is 80.4 Å². The Morgan fingerprint density at radius 1 is 0.944 bits per heavy atom. The molecule has 0 amide bonds. The first-order valence-electron chi connectivity index (χ1n) is 4.93. The number of hydrogen-bond donors (Lipinski definition) is 2. The summed E-state index contributed by atoms with van der Waals surface area (Å²) < 4.78 is 29.4. The summed E-state index contributed by atoms with van der Waals surface area (Å²) in [6.45, 7) is 0. The number of halogens is 1. The number of para-hydroxylation sites is 1. The molecule has 18 heavy (non-hydrogen) atoms. The maximum absolute atomic E-state index is 10.5. The first kappa shape index (κ1) is 14.5. The summed E-state index contributed by atoms with van der Waals surface area (Å²) in [7, 11) is -4.08. The molecule has 2 rings (SSSR count). The van der Waals surface area contributed by atoms with E-state index < -0.39 is 10.1 Å². The van der Waals surface area contributed by atoms with Crippen molar-refractivity contribution in [3.8, 4) is 0 Å². The van der Waals surface area contributed by atoms with Gasteiger partial charge in [-0.15, -0.1) is 0 Å². The number of rotatable bonds is 1. The minimum atomic E-state index is -4.08. The summed E-state index contributed by atoms with van der Waals surface area (Å²) in [5.41, 5.74) is 6.18. The van der Waals surface area contributed by atoms with Gasteiger partial charge in [0, 0.05) is 10.7 Å². The van der Waals surface area contributed by atoms with Crippen LogP contribution in [0.25, 0.3) is 0 Å². The Labute approximate surface area is 111 Å². The summed E-state index contributed by atoms with van der Waals surface area (Å²) in [5.74, 6) is 0. The van der Waals surface area contributed by atoms with Gasteiger partial charge in [-0.05, 0) is 36.4 Å². The van der Waals surface area contributed by atoms with E-state index in [2.05, 4.69) is 0 Å². The highest BCUT2D eigenvalue weighted by Crippen LogP contribution is 2.12. The molecule has 0 saturated heterocycles. The quantitative estimate of drug-likeness (QED) is 0.624. The Hall–Kier alpha value is -1.56. The minimum absolute atomic E-state index is 0.151. The third kappa shape index (κ3) is 5.18. The molecular formula is C12H12ClNO3S. The molecule has 0 spiro atoms. The van der Waals surface area contributed by atoms with Crippen molar-refractivity contribution in [2.75, 3.05) is 5.73 Å². The summed E-state index contributed by atoms with van der Waals surface area (Å²) >= 11 is 5.49. The van der Waals surface area contributed by atoms with Crippen molar-refractivity contribution >= 4 is 27.4 Å². The molecular weight excluding hydrogens is 274 g/mol. The van der Waals surface area contributed by atoms with Gasteiger partial charge in [0.15, 0.2) is 0 Å². The van der Waals surface area contributed by atoms with Gasteiger partial charge in [0.1, 0.15) is 0 Å². The molecule has 0 aliphatic carbocycles. The van der Waals surface area contributed by atoms with Gasteiger partial charge in [-0.3, -0.25) is 4.55 Å². The van der Waals surface area contributed by atoms with Gasteiger partial charge in [-0.1, -0.05) is 29.8 Å². The standard InChI is InChI=1S/C6H5ClO3S.C6H7N/c7-5-1-3-6(4-2-5)11(8,9)10;7-6-4-2-1-3-5-6/h1-4H,(H,8,9,10);1-5H,7H2. The van der Waals surface area contributed by atoms with E-state index in [1.165, 1.54) is 24.3 Å². The van der Waals surface area contributed by atoms with Crippen LogP contribution in [0.5, 0.6) is 0 Å². The lowest BCUT2D eigenvalue weighted by Crippen LogP contribution is -1.96. The van der Waals surface area contributed by atoms with Crippen molar-refractivity contribution in [1.29, 1.82) is 0 Å². The van der Waals surface area contributed by atoms with E-state index >= 15 is 0 Å². The molecule has 0 unspecified atom stereocenters. The molecule has 0 aromatic heterocycles. The molecule has 2 aromatic rings. The normalized spacial score (nSPS) is 10.3. The Balaban J connectivity index is 0.000000199. The van der Waals surface area contributed by atoms with Crippen LogP contribution < -0.4 is 5.73 Å². The summed E-state index contributed by atoms with van der Waals surface area (Å²) in [6.07, 6.45) is 0. The molecule has 3 N–H and O–H groups in total. The number of nitrogen functional groups attached to an aromatic ring is 1. The van der Waals surface area contributed by atoms with E-state index in [9.17, 15) is 8.42 Å². The monoisotopic (exact) mass is 285 g/mol. The van der Waals surface area contributed by atoms with Gasteiger partial charge < -0.3 is 5.73 Å². The second-order valence-corrected chi connectivity index (χ2v) is 5.20. The van der Waals surface area contributed by atoms with Gasteiger partial charge in [-0.2, -0.15) is 8.42 Å². The largest absolute Gasteiger partial charge is 0.399 e. The lowest BCUT2D eigenvalue weighted by Gasteiger charge is -1.94. The van der Waals surface area contributed by atoms with E-state index in [0.717, 1.165) is 5.69 Å². The van der Waals surface area contributed by atoms with E-state index in [0.29, 0.717) is 5.02 Å². The second kappa shape index (κ2) is 6.39. The highest BCUT2D eigenvalue weighted by Gasteiger charge is 2.07. The maximum Gasteiger partial charge on any atom is 0.294 e. The fourth-order valence-corrected chi connectivity index (χ4v) is 1.67. The van der Waals surface area contributed by atoms with E-state index in [1.807, 2.05) is 30.3 Å². The average molecular weight is 286 g/mol. The number of nitrogens with two attached hydrogens (primary N) is 1. The Bertz CT molecular complexity index is 582. The molecule has 6 heteroatoms. The van der Waals surface area contributed by atoms with Crippen molar-refractivity contribution in [2.45, 2.75) is 4.90 Å². The first-order valence-corrected chi connectivity index (χ1v) is 6.75. The zero-order chi connectivity index (χ0) is 13.6. The molecule has 0 saturated carbocycles. The summed E-state index contributed by atoms with van der Waals surface area (Å²) in [5, 5.41) is 0.428. The second-order valence-electron chi connectivity index (χ2n) is 3.34. The molecule has 4 nitrogen and oxygen atoms in total. The maximum atomic E-state index is 10.5. The summed E-state index contributed by atoms with van der Waals surface area (Å²) in [6, 6.07) is 14.7. The van der Waals surface area contributed by atoms with Crippen LogP contribution in [-0.2, 0) is 10.1 Å². The fraction of sp³-hybridized carbons (Fsp3) is 0. The average Bonchev–Trinajstić information content (AvgIpc) is 2.30. The van der Waals surface area contributed by atoms with Crippen LogP contribution in [0, 0.1) is 0 Å². The number of anilines is 1. The van der Waals surface area contributed by atoms with Crippen LogP contribution in [0.4, 0.5) is 5.69 Å². The van der Waals surface area contributed by atoms with E-state index in [-0.39, 0.29) is 4.90 Å². The van der Waals surface area contributed by atoms with Crippen molar-refractivity contribution in [1.82, 2.24) is 0 Å². The fourth-order valence-electron chi connectivity index (χ4n) is 1.06. The molecule has 2 aromatic carbocycles. The zero-order valence-corrected chi connectivity index (χ0v) is 10.9. The van der Waals surface area contributed by atoms with Gasteiger partial charge in [-0.25, -0.2) is 0 Å². The van der Waals surface area contributed by atoms with Gasteiger partial charge in [0.2, 0.25) is 0 Å². The first-order chi connectivity index (χ1) is 8.39. The van der Waals surface area contributed by atoms with E-state index in [1.54, 1.807) is 0 Å². The molecule has 0 bridgehead atoms. The van der Waals surface area contributed by atoms with Crippen LogP contribution in [0.2, 0.25) is 5.02 Å². The lowest BCUT2D eigenvalue weighted by molar-refractivity contribution is 0.483. The zero-order valence-electron chi connectivity index (χ0n) is 9.32. The van der Waals surface area contributed by atoms with Gasteiger partial charge >= 0.3 is 0 Å².